The molecule has 1 saturated heterocycles. The van der Waals surface area contributed by atoms with E-state index in [1.165, 1.54) is 18.7 Å². The van der Waals surface area contributed by atoms with E-state index in [1.807, 2.05) is 0 Å². The standard InChI is InChI=1S/C7H10O2S/c1-5(8)6-3-2-4-10-7(6)9/h6H,2-4H2,1H3. The molecule has 1 heterocycles. The third kappa shape index (κ3) is 1.59. The summed E-state index contributed by atoms with van der Waals surface area (Å²) in [6.07, 6.45) is 1.77. The molecule has 0 bridgehead atoms. The number of Topliss-reactive ketones (excluding diaryl/α,β-unsaturated/α-hetero) is 1. The Morgan fingerprint density at radius 1 is 1.70 bits per heavy atom. The summed E-state index contributed by atoms with van der Waals surface area (Å²) in [6, 6.07) is 0. The number of hydrogen-bond donors (Lipinski definition) is 0. The summed E-state index contributed by atoms with van der Waals surface area (Å²) >= 11 is 1.29. The molecular weight excluding hydrogens is 148 g/mol. The Balaban J connectivity index is 2.56. The van der Waals surface area contributed by atoms with Crippen LogP contribution in [0.1, 0.15) is 19.8 Å². The Morgan fingerprint density at radius 2 is 2.40 bits per heavy atom. The molecule has 0 radical (unpaired) electrons. The van der Waals surface area contributed by atoms with Gasteiger partial charge in [-0.3, -0.25) is 9.59 Å². The predicted octanol–water partition coefficient (Wildman–Crippen LogP) is 1.25. The normalized spacial score (nSPS) is 26.5. The van der Waals surface area contributed by atoms with Crippen LogP contribution in [-0.4, -0.2) is 16.7 Å². The molecule has 0 amide bonds. The van der Waals surface area contributed by atoms with Gasteiger partial charge in [0.2, 0.25) is 0 Å². The van der Waals surface area contributed by atoms with Crippen molar-refractivity contribution in [2.24, 2.45) is 5.92 Å². The van der Waals surface area contributed by atoms with Gasteiger partial charge in [-0.05, 0) is 19.8 Å². The minimum absolute atomic E-state index is 0.0252. The largest absolute Gasteiger partial charge is 0.299 e. The summed E-state index contributed by atoms with van der Waals surface area (Å²) in [6.45, 7) is 1.49. The van der Waals surface area contributed by atoms with Crippen molar-refractivity contribution in [3.8, 4) is 0 Å². The van der Waals surface area contributed by atoms with Gasteiger partial charge in [0.1, 0.15) is 5.78 Å². The van der Waals surface area contributed by atoms with E-state index in [1.54, 1.807) is 0 Å². The Kier molecular flexibility index (Phi) is 2.49. The minimum Gasteiger partial charge on any atom is -0.299 e. The van der Waals surface area contributed by atoms with Gasteiger partial charge in [0.15, 0.2) is 5.12 Å². The molecule has 1 fully saturated rings. The summed E-state index contributed by atoms with van der Waals surface area (Å²) in [5.41, 5.74) is 0. The van der Waals surface area contributed by atoms with Gasteiger partial charge in [0, 0.05) is 5.75 Å². The Labute approximate surface area is 64.4 Å². The number of carbonyl (C=O) groups is 2. The topological polar surface area (TPSA) is 34.1 Å². The van der Waals surface area contributed by atoms with Gasteiger partial charge >= 0.3 is 0 Å². The van der Waals surface area contributed by atoms with E-state index in [2.05, 4.69) is 0 Å². The summed E-state index contributed by atoms with van der Waals surface area (Å²) in [5.74, 6) is 0.624. The summed E-state index contributed by atoms with van der Waals surface area (Å²) in [5, 5.41) is 0.0683. The van der Waals surface area contributed by atoms with Crippen LogP contribution in [0.5, 0.6) is 0 Å². The van der Waals surface area contributed by atoms with E-state index in [4.69, 9.17) is 0 Å². The Bertz CT molecular complexity index is 165. The molecule has 0 aromatic heterocycles. The average Bonchev–Trinajstić information content (AvgIpc) is 1.88. The first-order valence-electron chi connectivity index (χ1n) is 3.39. The van der Waals surface area contributed by atoms with Crippen LogP contribution in [0.3, 0.4) is 0 Å². The number of thioether (sulfide) groups is 1. The molecular formula is C7H10O2S. The molecule has 0 saturated carbocycles. The first kappa shape index (κ1) is 7.79. The van der Waals surface area contributed by atoms with Gasteiger partial charge in [0.25, 0.3) is 0 Å². The third-order valence-corrected chi connectivity index (χ3v) is 2.72. The number of hydrogen-bond acceptors (Lipinski definition) is 3. The average molecular weight is 158 g/mol. The number of ketones is 1. The lowest BCUT2D eigenvalue weighted by molar-refractivity contribution is -0.127. The molecule has 3 heteroatoms. The molecule has 1 atom stereocenters. The summed E-state index contributed by atoms with van der Waals surface area (Å²) < 4.78 is 0. The molecule has 0 N–H and O–H groups in total. The van der Waals surface area contributed by atoms with E-state index in [0.717, 1.165) is 18.6 Å². The van der Waals surface area contributed by atoms with Crippen molar-refractivity contribution < 1.29 is 9.59 Å². The Hall–Kier alpha value is -0.310. The second kappa shape index (κ2) is 3.19. The maximum atomic E-state index is 11.0. The lowest BCUT2D eigenvalue weighted by Gasteiger charge is -2.16. The van der Waals surface area contributed by atoms with E-state index >= 15 is 0 Å². The molecule has 0 spiro atoms. The van der Waals surface area contributed by atoms with Gasteiger partial charge < -0.3 is 0 Å². The zero-order valence-corrected chi connectivity index (χ0v) is 6.74. The van der Waals surface area contributed by atoms with Gasteiger partial charge in [-0.15, -0.1) is 0 Å². The van der Waals surface area contributed by atoms with E-state index < -0.39 is 0 Å². The highest BCUT2D eigenvalue weighted by Crippen LogP contribution is 2.24. The smallest absolute Gasteiger partial charge is 0.199 e. The molecule has 0 aliphatic carbocycles. The fourth-order valence-electron chi connectivity index (χ4n) is 1.05. The number of rotatable bonds is 1. The van der Waals surface area contributed by atoms with Gasteiger partial charge in [-0.25, -0.2) is 0 Å². The molecule has 1 unspecified atom stereocenters. The second-order valence-electron chi connectivity index (χ2n) is 2.47. The molecule has 56 valence electrons. The maximum absolute atomic E-state index is 11.0. The van der Waals surface area contributed by atoms with Crippen molar-refractivity contribution in [2.75, 3.05) is 5.75 Å². The van der Waals surface area contributed by atoms with Gasteiger partial charge in [-0.1, -0.05) is 11.8 Å². The van der Waals surface area contributed by atoms with Crippen LogP contribution in [0.2, 0.25) is 0 Å². The molecule has 1 aliphatic rings. The van der Waals surface area contributed by atoms with Crippen molar-refractivity contribution >= 4 is 22.7 Å². The zero-order chi connectivity index (χ0) is 7.56. The predicted molar refractivity (Wildman–Crippen MR) is 40.9 cm³/mol. The van der Waals surface area contributed by atoms with Crippen molar-refractivity contribution in [1.82, 2.24) is 0 Å². The highest BCUT2D eigenvalue weighted by atomic mass is 32.2. The van der Waals surface area contributed by atoms with Crippen LogP contribution in [0.15, 0.2) is 0 Å². The summed E-state index contributed by atoms with van der Waals surface area (Å²) in [4.78, 5) is 21.8. The van der Waals surface area contributed by atoms with E-state index in [0.29, 0.717) is 0 Å². The minimum atomic E-state index is -0.293. The molecule has 1 aliphatic heterocycles. The van der Waals surface area contributed by atoms with E-state index in [9.17, 15) is 9.59 Å². The van der Waals surface area contributed by atoms with E-state index in [-0.39, 0.29) is 16.8 Å². The zero-order valence-electron chi connectivity index (χ0n) is 5.92. The molecule has 2 nitrogen and oxygen atoms in total. The van der Waals surface area contributed by atoms with Gasteiger partial charge in [0.05, 0.1) is 5.92 Å². The number of carbonyl (C=O) groups excluding carboxylic acids is 2. The van der Waals surface area contributed by atoms with Crippen LogP contribution >= 0.6 is 11.8 Å². The first-order chi connectivity index (χ1) is 4.72. The second-order valence-corrected chi connectivity index (χ2v) is 3.57. The molecule has 0 aromatic carbocycles. The van der Waals surface area contributed by atoms with Crippen molar-refractivity contribution in [3.63, 3.8) is 0 Å². The van der Waals surface area contributed by atoms with Crippen LogP contribution in [-0.2, 0) is 9.59 Å². The third-order valence-electron chi connectivity index (χ3n) is 1.66. The molecule has 1 rings (SSSR count). The van der Waals surface area contributed by atoms with Crippen molar-refractivity contribution in [3.05, 3.63) is 0 Å². The first-order valence-corrected chi connectivity index (χ1v) is 4.37. The van der Waals surface area contributed by atoms with Gasteiger partial charge in [-0.2, -0.15) is 0 Å². The Morgan fingerprint density at radius 3 is 2.80 bits per heavy atom. The van der Waals surface area contributed by atoms with Crippen LogP contribution in [0, 0.1) is 5.92 Å². The molecule has 0 aromatic rings. The van der Waals surface area contributed by atoms with Crippen LogP contribution < -0.4 is 0 Å². The summed E-state index contributed by atoms with van der Waals surface area (Å²) in [7, 11) is 0. The highest BCUT2D eigenvalue weighted by molar-refractivity contribution is 8.13. The SMILES string of the molecule is CC(=O)C1CCCSC1=O. The monoisotopic (exact) mass is 158 g/mol. The maximum Gasteiger partial charge on any atom is 0.199 e. The molecule has 10 heavy (non-hydrogen) atoms. The van der Waals surface area contributed by atoms with Crippen LogP contribution in [0.4, 0.5) is 0 Å². The lowest BCUT2D eigenvalue weighted by atomic mass is 10.0. The quantitative estimate of drug-likeness (QED) is 0.538. The highest BCUT2D eigenvalue weighted by Gasteiger charge is 2.26. The fourth-order valence-corrected chi connectivity index (χ4v) is 2.05. The lowest BCUT2D eigenvalue weighted by Crippen LogP contribution is -2.23. The van der Waals surface area contributed by atoms with Crippen molar-refractivity contribution in [1.29, 1.82) is 0 Å². The van der Waals surface area contributed by atoms with Crippen molar-refractivity contribution in [2.45, 2.75) is 19.8 Å². The fraction of sp³-hybridized carbons (Fsp3) is 0.714. The van der Waals surface area contributed by atoms with Crippen LogP contribution in [0.25, 0.3) is 0 Å².